The van der Waals surface area contributed by atoms with Crippen LogP contribution >= 0.6 is 11.8 Å². The first-order chi connectivity index (χ1) is 30.2. The number of nitrogens with zero attached hydrogens (tertiary/aromatic N) is 5. The SMILES string of the molecule is c1ccc(-c2nc(-c3ccccc3)nc(-n3c4ccccc4c4ccc(-c5ccc6c(c5)Sc5cc7c(c8cccc-6c58)c5ccccc5n7-c5ccccc5)cc43)n2)cc1. The van der Waals surface area contributed by atoms with Crippen LogP contribution in [-0.4, -0.2) is 24.1 Å². The summed E-state index contributed by atoms with van der Waals surface area (Å²) >= 11 is 1.87. The molecule has 5 nitrogen and oxygen atoms in total. The van der Waals surface area contributed by atoms with Gasteiger partial charge in [0.25, 0.3) is 0 Å². The zero-order valence-corrected chi connectivity index (χ0v) is 33.5. The third kappa shape index (κ3) is 5.26. The molecule has 6 heteroatoms. The Bertz CT molecular complexity index is 3660. The number of benzene rings is 9. The molecule has 0 unspecified atom stereocenters. The van der Waals surface area contributed by atoms with Crippen molar-refractivity contribution in [3.8, 4) is 56.7 Å². The van der Waals surface area contributed by atoms with Gasteiger partial charge in [0.1, 0.15) is 0 Å². The van der Waals surface area contributed by atoms with Crippen molar-refractivity contribution >= 4 is 66.1 Å². The Morgan fingerprint density at radius 2 is 0.918 bits per heavy atom. The van der Waals surface area contributed by atoms with Crippen LogP contribution in [-0.2, 0) is 0 Å². The summed E-state index contributed by atoms with van der Waals surface area (Å²) < 4.78 is 4.63. The van der Waals surface area contributed by atoms with Crippen molar-refractivity contribution in [2.24, 2.45) is 0 Å². The molecule has 12 aromatic rings. The molecular formula is C55H33N5S. The van der Waals surface area contributed by atoms with E-state index in [4.69, 9.17) is 15.0 Å². The predicted octanol–water partition coefficient (Wildman–Crippen LogP) is 14.4. The molecule has 4 heterocycles. The average Bonchev–Trinajstić information content (AvgIpc) is 3.84. The Hall–Kier alpha value is -7.80. The van der Waals surface area contributed by atoms with Crippen molar-refractivity contribution in [3.05, 3.63) is 200 Å². The van der Waals surface area contributed by atoms with Crippen LogP contribution in [0.2, 0.25) is 0 Å². The molecule has 0 saturated carbocycles. The first-order valence-electron chi connectivity index (χ1n) is 20.5. The summed E-state index contributed by atoms with van der Waals surface area (Å²) in [7, 11) is 0. The van der Waals surface area contributed by atoms with Gasteiger partial charge in [0, 0.05) is 53.5 Å². The molecule has 0 bridgehead atoms. The van der Waals surface area contributed by atoms with E-state index in [1.54, 1.807) is 0 Å². The van der Waals surface area contributed by atoms with Crippen molar-refractivity contribution in [2.45, 2.75) is 9.79 Å². The van der Waals surface area contributed by atoms with E-state index in [2.05, 4.69) is 173 Å². The number of hydrogen-bond acceptors (Lipinski definition) is 4. The van der Waals surface area contributed by atoms with E-state index < -0.39 is 0 Å². The molecule has 1 aliphatic heterocycles. The Morgan fingerprint density at radius 3 is 1.66 bits per heavy atom. The van der Waals surface area contributed by atoms with Crippen molar-refractivity contribution in [1.29, 1.82) is 0 Å². The van der Waals surface area contributed by atoms with E-state index in [0.717, 1.165) is 49.7 Å². The molecule has 284 valence electrons. The highest BCUT2D eigenvalue weighted by Crippen LogP contribution is 2.52. The highest BCUT2D eigenvalue weighted by atomic mass is 32.2. The molecule has 61 heavy (non-hydrogen) atoms. The summed E-state index contributed by atoms with van der Waals surface area (Å²) in [5, 5.41) is 7.48. The fourth-order valence-corrected chi connectivity index (χ4v) is 10.7. The molecular weight excluding hydrogens is 763 g/mol. The fourth-order valence-electron chi connectivity index (χ4n) is 9.45. The fraction of sp³-hybridized carbons (Fsp3) is 0. The molecule has 0 amide bonds. The molecule has 13 rings (SSSR count). The summed E-state index contributed by atoms with van der Waals surface area (Å²) in [6, 6.07) is 71.4. The summed E-state index contributed by atoms with van der Waals surface area (Å²) in [5.74, 6) is 1.85. The van der Waals surface area contributed by atoms with Gasteiger partial charge in [0.2, 0.25) is 5.95 Å². The minimum atomic E-state index is 0.584. The number of fused-ring (bicyclic) bond motifs is 9. The van der Waals surface area contributed by atoms with E-state index in [9.17, 15) is 0 Å². The van der Waals surface area contributed by atoms with E-state index in [1.165, 1.54) is 53.5 Å². The van der Waals surface area contributed by atoms with Crippen molar-refractivity contribution in [2.75, 3.05) is 0 Å². The standard InChI is InChI=1S/C55H33N5S/c1-4-15-34(16-5-1)53-56-54(35-17-6-2-7-18-35)58-55(57-53)60-45-25-12-10-21-39(45)40-29-27-36(31-47(40)60)37-28-30-41-42-23-14-24-44-51-43-22-11-13-26-46(43)59(38-19-8-3-9-20-38)48(51)33-50(52(42)44)61-49(41)32-37/h1-33H. The molecule has 0 N–H and O–H groups in total. The van der Waals surface area contributed by atoms with Gasteiger partial charge in [0.15, 0.2) is 11.6 Å². The Kier molecular flexibility index (Phi) is 7.47. The largest absolute Gasteiger partial charge is 0.309 e. The first-order valence-corrected chi connectivity index (χ1v) is 21.3. The maximum Gasteiger partial charge on any atom is 0.238 e. The summed E-state index contributed by atoms with van der Waals surface area (Å²) in [6.45, 7) is 0. The molecule has 9 aromatic carbocycles. The number of rotatable bonds is 5. The Morgan fingerprint density at radius 1 is 0.328 bits per heavy atom. The molecule has 3 aromatic heterocycles. The molecule has 1 aliphatic rings. The zero-order chi connectivity index (χ0) is 40.0. The second-order valence-electron chi connectivity index (χ2n) is 15.6. The minimum Gasteiger partial charge on any atom is -0.309 e. The molecule has 0 aliphatic carbocycles. The molecule has 0 fully saturated rings. The van der Waals surface area contributed by atoms with Gasteiger partial charge in [-0.3, -0.25) is 4.57 Å². The van der Waals surface area contributed by atoms with Crippen molar-refractivity contribution in [1.82, 2.24) is 24.1 Å². The monoisotopic (exact) mass is 795 g/mol. The van der Waals surface area contributed by atoms with Crippen LogP contribution in [0, 0.1) is 0 Å². The molecule has 0 saturated heterocycles. The van der Waals surface area contributed by atoms with Crippen LogP contribution in [0.4, 0.5) is 0 Å². The van der Waals surface area contributed by atoms with Gasteiger partial charge in [0.05, 0.1) is 22.1 Å². The lowest BCUT2D eigenvalue weighted by atomic mass is 9.93. The predicted molar refractivity (Wildman–Crippen MR) is 252 cm³/mol. The van der Waals surface area contributed by atoms with E-state index >= 15 is 0 Å². The third-order valence-electron chi connectivity index (χ3n) is 12.2. The van der Waals surface area contributed by atoms with Crippen molar-refractivity contribution in [3.63, 3.8) is 0 Å². The summed E-state index contributed by atoms with van der Waals surface area (Å²) in [6.07, 6.45) is 0. The molecule has 0 spiro atoms. The highest BCUT2D eigenvalue weighted by Gasteiger charge is 2.25. The Balaban J connectivity index is 0.988. The van der Waals surface area contributed by atoms with Gasteiger partial charge >= 0.3 is 0 Å². The van der Waals surface area contributed by atoms with Gasteiger partial charge in [-0.05, 0) is 70.1 Å². The van der Waals surface area contributed by atoms with Crippen LogP contribution in [0.15, 0.2) is 210 Å². The second kappa shape index (κ2) is 13.4. The number of para-hydroxylation sites is 3. The van der Waals surface area contributed by atoms with E-state index in [1.807, 2.05) is 48.2 Å². The van der Waals surface area contributed by atoms with Gasteiger partial charge in [-0.25, -0.2) is 4.98 Å². The summed E-state index contributed by atoms with van der Waals surface area (Å²) in [4.78, 5) is 17.8. The second-order valence-corrected chi connectivity index (χ2v) is 16.7. The van der Waals surface area contributed by atoms with Crippen LogP contribution < -0.4 is 0 Å². The minimum absolute atomic E-state index is 0.584. The number of hydrogen-bond donors (Lipinski definition) is 0. The maximum absolute atomic E-state index is 5.17. The third-order valence-corrected chi connectivity index (χ3v) is 13.3. The lowest BCUT2D eigenvalue weighted by Crippen LogP contribution is -2.06. The van der Waals surface area contributed by atoms with Crippen LogP contribution in [0.3, 0.4) is 0 Å². The van der Waals surface area contributed by atoms with Gasteiger partial charge in [-0.1, -0.05) is 169 Å². The van der Waals surface area contributed by atoms with E-state index in [0.29, 0.717) is 17.6 Å². The quantitative estimate of drug-likeness (QED) is 0.174. The average molecular weight is 796 g/mol. The van der Waals surface area contributed by atoms with Gasteiger partial charge in [-0.15, -0.1) is 0 Å². The molecule has 0 radical (unpaired) electrons. The maximum atomic E-state index is 5.17. The van der Waals surface area contributed by atoms with Gasteiger partial charge < -0.3 is 4.57 Å². The Labute approximate surface area is 355 Å². The molecule has 0 atom stereocenters. The van der Waals surface area contributed by atoms with Crippen LogP contribution in [0.25, 0.3) is 111 Å². The zero-order valence-electron chi connectivity index (χ0n) is 32.7. The van der Waals surface area contributed by atoms with E-state index in [-0.39, 0.29) is 0 Å². The normalized spacial score (nSPS) is 12.2. The highest BCUT2D eigenvalue weighted by molar-refractivity contribution is 7.99. The van der Waals surface area contributed by atoms with Crippen molar-refractivity contribution < 1.29 is 0 Å². The topological polar surface area (TPSA) is 48.5 Å². The first kappa shape index (κ1) is 34.1. The number of aromatic nitrogens is 5. The van der Waals surface area contributed by atoms with Gasteiger partial charge in [-0.2, -0.15) is 9.97 Å². The lowest BCUT2D eigenvalue weighted by molar-refractivity contribution is 0.953. The van der Waals surface area contributed by atoms with Crippen LogP contribution in [0.5, 0.6) is 0 Å². The van der Waals surface area contributed by atoms with Crippen LogP contribution in [0.1, 0.15) is 0 Å². The smallest absolute Gasteiger partial charge is 0.238 e. The summed E-state index contributed by atoms with van der Waals surface area (Å²) in [5.41, 5.74) is 12.4. The lowest BCUT2D eigenvalue weighted by Gasteiger charge is -2.22.